The average molecular weight is 410 g/mol. The standard InChI is InChI=1S/C21H22N4O3S/c1-16-22-12-14-24(16)20-6-3-2-5-17(20)15-23-29(27,28)19-10-8-18(9-11-19)25-13-4-7-21(25)26/h2-3,5-6,8-12,14,23H,4,7,13,15H2,1H3. The first-order valence-electron chi connectivity index (χ1n) is 9.44. The van der Waals surface area contributed by atoms with E-state index in [9.17, 15) is 13.2 Å². The summed E-state index contributed by atoms with van der Waals surface area (Å²) in [7, 11) is -3.69. The Morgan fingerprint density at radius 2 is 1.86 bits per heavy atom. The van der Waals surface area contributed by atoms with Gasteiger partial charge in [-0.2, -0.15) is 0 Å². The molecule has 150 valence electrons. The zero-order valence-corrected chi connectivity index (χ0v) is 16.9. The number of hydrogen-bond acceptors (Lipinski definition) is 4. The van der Waals surface area contributed by atoms with Crippen LogP contribution in [0.2, 0.25) is 0 Å². The van der Waals surface area contributed by atoms with Gasteiger partial charge in [-0.15, -0.1) is 0 Å². The zero-order valence-electron chi connectivity index (χ0n) is 16.1. The minimum atomic E-state index is -3.69. The van der Waals surface area contributed by atoms with Gasteiger partial charge in [0.1, 0.15) is 5.82 Å². The van der Waals surface area contributed by atoms with Gasteiger partial charge in [-0.1, -0.05) is 18.2 Å². The van der Waals surface area contributed by atoms with Gasteiger partial charge in [-0.25, -0.2) is 18.1 Å². The maximum Gasteiger partial charge on any atom is 0.240 e. The summed E-state index contributed by atoms with van der Waals surface area (Å²) in [6, 6.07) is 14.0. The molecule has 0 bridgehead atoms. The molecule has 0 aliphatic carbocycles. The predicted molar refractivity (Wildman–Crippen MR) is 110 cm³/mol. The second-order valence-electron chi connectivity index (χ2n) is 6.94. The summed E-state index contributed by atoms with van der Waals surface area (Å²) in [5.74, 6) is 0.900. The number of benzene rings is 2. The van der Waals surface area contributed by atoms with Crippen LogP contribution in [-0.2, 0) is 21.4 Å². The van der Waals surface area contributed by atoms with Crippen molar-refractivity contribution in [1.82, 2.24) is 14.3 Å². The second-order valence-corrected chi connectivity index (χ2v) is 8.71. The number of imidazole rings is 1. The van der Waals surface area contributed by atoms with Crippen molar-refractivity contribution in [3.8, 4) is 5.69 Å². The lowest BCUT2D eigenvalue weighted by molar-refractivity contribution is -0.117. The van der Waals surface area contributed by atoms with E-state index in [0.29, 0.717) is 13.0 Å². The maximum atomic E-state index is 12.8. The highest BCUT2D eigenvalue weighted by atomic mass is 32.2. The Labute approximate surface area is 170 Å². The number of sulfonamides is 1. The Hall–Kier alpha value is -2.97. The Morgan fingerprint density at radius 3 is 2.52 bits per heavy atom. The van der Waals surface area contributed by atoms with Crippen molar-refractivity contribution in [1.29, 1.82) is 0 Å². The van der Waals surface area contributed by atoms with E-state index in [4.69, 9.17) is 0 Å². The largest absolute Gasteiger partial charge is 0.312 e. The summed E-state index contributed by atoms with van der Waals surface area (Å²) in [6.07, 6.45) is 4.93. The molecule has 1 fully saturated rings. The van der Waals surface area contributed by atoms with E-state index >= 15 is 0 Å². The SMILES string of the molecule is Cc1nccn1-c1ccccc1CNS(=O)(=O)c1ccc(N2CCCC2=O)cc1. The number of aryl methyl sites for hydroxylation is 1. The summed E-state index contributed by atoms with van der Waals surface area (Å²) in [4.78, 5) is 17.9. The van der Waals surface area contributed by atoms with E-state index < -0.39 is 10.0 Å². The third kappa shape index (κ3) is 3.94. The molecule has 1 N–H and O–H groups in total. The summed E-state index contributed by atoms with van der Waals surface area (Å²) in [5, 5.41) is 0. The Kier molecular flexibility index (Phi) is 5.21. The van der Waals surface area contributed by atoms with Gasteiger partial charge in [0, 0.05) is 37.6 Å². The van der Waals surface area contributed by atoms with Crippen molar-refractivity contribution in [2.24, 2.45) is 0 Å². The second kappa shape index (κ2) is 7.81. The van der Waals surface area contributed by atoms with Crippen LogP contribution in [0.15, 0.2) is 65.8 Å². The number of hydrogen-bond donors (Lipinski definition) is 1. The third-order valence-electron chi connectivity index (χ3n) is 5.06. The van der Waals surface area contributed by atoms with Crippen LogP contribution in [0.3, 0.4) is 0 Å². The van der Waals surface area contributed by atoms with Gasteiger partial charge in [0.25, 0.3) is 0 Å². The molecule has 8 heteroatoms. The monoisotopic (exact) mass is 410 g/mol. The number of rotatable bonds is 6. The molecule has 1 aliphatic rings. The number of nitrogens with one attached hydrogen (secondary N) is 1. The molecule has 1 amide bonds. The predicted octanol–water partition coefficient (Wildman–Crippen LogP) is 2.79. The number of carbonyl (C=O) groups is 1. The number of anilines is 1. The van der Waals surface area contributed by atoms with Gasteiger partial charge in [0.2, 0.25) is 15.9 Å². The van der Waals surface area contributed by atoms with Crippen LogP contribution >= 0.6 is 0 Å². The third-order valence-corrected chi connectivity index (χ3v) is 6.48. The van der Waals surface area contributed by atoms with Crippen LogP contribution in [-0.4, -0.2) is 30.4 Å². The van der Waals surface area contributed by atoms with Crippen molar-refractivity contribution in [3.63, 3.8) is 0 Å². The highest BCUT2D eigenvalue weighted by molar-refractivity contribution is 7.89. The van der Waals surface area contributed by atoms with Crippen LogP contribution in [0, 0.1) is 6.92 Å². The number of para-hydroxylation sites is 1. The molecule has 0 atom stereocenters. The van der Waals surface area contributed by atoms with Crippen LogP contribution in [0.25, 0.3) is 5.69 Å². The number of carbonyl (C=O) groups excluding carboxylic acids is 1. The molecule has 2 aromatic carbocycles. The Bertz CT molecular complexity index is 1140. The fourth-order valence-corrected chi connectivity index (χ4v) is 4.52. The number of nitrogens with zero attached hydrogens (tertiary/aromatic N) is 3. The summed E-state index contributed by atoms with van der Waals surface area (Å²) >= 11 is 0. The first-order chi connectivity index (χ1) is 14.0. The van der Waals surface area contributed by atoms with E-state index in [-0.39, 0.29) is 17.3 Å². The molecule has 29 heavy (non-hydrogen) atoms. The highest BCUT2D eigenvalue weighted by Crippen LogP contribution is 2.23. The molecule has 7 nitrogen and oxygen atoms in total. The first kappa shape index (κ1) is 19.4. The molecule has 1 aromatic heterocycles. The first-order valence-corrected chi connectivity index (χ1v) is 10.9. The minimum absolute atomic E-state index is 0.0742. The average Bonchev–Trinajstić information content (AvgIpc) is 3.35. The van der Waals surface area contributed by atoms with Crippen molar-refractivity contribution in [2.75, 3.05) is 11.4 Å². The number of amides is 1. The normalized spacial score (nSPS) is 14.5. The van der Waals surface area contributed by atoms with Gasteiger partial charge < -0.3 is 9.47 Å². The highest BCUT2D eigenvalue weighted by Gasteiger charge is 2.22. The van der Waals surface area contributed by atoms with E-state index in [1.807, 2.05) is 42.0 Å². The van der Waals surface area contributed by atoms with Crippen LogP contribution in [0.5, 0.6) is 0 Å². The lowest BCUT2D eigenvalue weighted by Gasteiger charge is -2.16. The van der Waals surface area contributed by atoms with Crippen LogP contribution in [0.4, 0.5) is 5.69 Å². The van der Waals surface area contributed by atoms with Crippen molar-refractivity contribution in [2.45, 2.75) is 31.2 Å². The lowest BCUT2D eigenvalue weighted by atomic mass is 10.2. The molecule has 0 spiro atoms. The van der Waals surface area contributed by atoms with Gasteiger partial charge in [-0.3, -0.25) is 4.79 Å². The molecule has 0 radical (unpaired) electrons. The molecule has 1 aliphatic heterocycles. The number of aromatic nitrogens is 2. The molecule has 3 aromatic rings. The molecular formula is C21H22N4O3S. The lowest BCUT2D eigenvalue weighted by Crippen LogP contribution is -2.25. The van der Waals surface area contributed by atoms with Crippen molar-refractivity contribution < 1.29 is 13.2 Å². The minimum Gasteiger partial charge on any atom is -0.312 e. The molecule has 1 saturated heterocycles. The van der Waals surface area contributed by atoms with Gasteiger partial charge >= 0.3 is 0 Å². The van der Waals surface area contributed by atoms with Crippen molar-refractivity contribution >= 4 is 21.6 Å². The molecule has 0 saturated carbocycles. The smallest absolute Gasteiger partial charge is 0.240 e. The van der Waals surface area contributed by atoms with E-state index in [0.717, 1.165) is 29.2 Å². The Balaban J connectivity index is 1.52. The summed E-state index contributed by atoms with van der Waals surface area (Å²) in [5.41, 5.74) is 2.46. The van der Waals surface area contributed by atoms with Crippen LogP contribution < -0.4 is 9.62 Å². The summed E-state index contributed by atoms with van der Waals surface area (Å²) < 4.78 is 30.1. The van der Waals surface area contributed by atoms with E-state index in [1.54, 1.807) is 23.2 Å². The van der Waals surface area contributed by atoms with Crippen LogP contribution in [0.1, 0.15) is 24.2 Å². The topological polar surface area (TPSA) is 84.3 Å². The fourth-order valence-electron chi connectivity index (χ4n) is 3.51. The van der Waals surface area contributed by atoms with E-state index in [1.165, 1.54) is 12.1 Å². The van der Waals surface area contributed by atoms with Crippen molar-refractivity contribution in [3.05, 3.63) is 72.3 Å². The fraction of sp³-hybridized carbons (Fsp3) is 0.238. The zero-order chi connectivity index (χ0) is 20.4. The Morgan fingerprint density at radius 1 is 1.10 bits per heavy atom. The molecule has 0 unspecified atom stereocenters. The molecular weight excluding hydrogens is 388 g/mol. The van der Waals surface area contributed by atoms with E-state index in [2.05, 4.69) is 9.71 Å². The molecule has 4 rings (SSSR count). The van der Waals surface area contributed by atoms with Gasteiger partial charge in [-0.05, 0) is 49.2 Å². The maximum absolute atomic E-state index is 12.8. The molecule has 2 heterocycles. The van der Waals surface area contributed by atoms with Gasteiger partial charge in [0.15, 0.2) is 0 Å². The summed E-state index contributed by atoms with van der Waals surface area (Å²) in [6.45, 7) is 2.73. The quantitative estimate of drug-likeness (QED) is 0.677. The van der Waals surface area contributed by atoms with Gasteiger partial charge in [0.05, 0.1) is 10.6 Å².